The highest BCUT2D eigenvalue weighted by Gasteiger charge is 2.33. The largest absolute Gasteiger partial charge is 0.506 e. The predicted octanol–water partition coefficient (Wildman–Crippen LogP) is 8.48. The Morgan fingerprint density at radius 1 is 1.17 bits per heavy atom. The van der Waals surface area contributed by atoms with Crippen molar-refractivity contribution in [2.45, 2.75) is 13.5 Å². The molecule has 0 amide bonds. The summed E-state index contributed by atoms with van der Waals surface area (Å²) in [5, 5.41) is 12.0. The summed E-state index contributed by atoms with van der Waals surface area (Å²) in [7, 11) is 0. The van der Waals surface area contributed by atoms with E-state index in [2.05, 4.69) is 43.5 Å². The number of carbonyl (C=O) groups excluding carboxylic acids is 1. The van der Waals surface area contributed by atoms with Crippen LogP contribution in [0.2, 0.25) is 5.02 Å². The minimum atomic E-state index is -0.609. The molecule has 0 saturated heterocycles. The van der Waals surface area contributed by atoms with Crippen molar-refractivity contribution in [2.75, 3.05) is 6.61 Å². The summed E-state index contributed by atoms with van der Waals surface area (Å²) in [4.78, 5) is 17.7. The summed E-state index contributed by atoms with van der Waals surface area (Å²) in [6.07, 6.45) is 1.81. The van der Waals surface area contributed by atoms with Crippen molar-refractivity contribution >= 4 is 84.7 Å². The number of thioether (sulfide) groups is 1. The summed E-state index contributed by atoms with van der Waals surface area (Å²) in [6.45, 7) is 2.31. The van der Waals surface area contributed by atoms with Crippen LogP contribution in [0.5, 0.6) is 5.75 Å². The Morgan fingerprint density at radius 2 is 1.89 bits per heavy atom. The summed E-state index contributed by atoms with van der Waals surface area (Å²) >= 11 is 13.0. The fourth-order valence-corrected chi connectivity index (χ4v) is 6.23. The molecule has 1 aliphatic heterocycles. The van der Waals surface area contributed by atoms with Crippen LogP contribution in [0.3, 0.4) is 0 Å². The van der Waals surface area contributed by atoms with Crippen molar-refractivity contribution < 1.29 is 19.4 Å². The minimum Gasteiger partial charge on any atom is -0.506 e. The van der Waals surface area contributed by atoms with Gasteiger partial charge in [-0.15, -0.1) is 0 Å². The van der Waals surface area contributed by atoms with E-state index < -0.39 is 5.97 Å². The summed E-state index contributed by atoms with van der Waals surface area (Å²) in [5.74, 6) is -0.0466. The Labute approximate surface area is 240 Å². The van der Waals surface area contributed by atoms with Gasteiger partial charge in [-0.2, -0.15) is 0 Å². The van der Waals surface area contributed by atoms with Crippen LogP contribution in [-0.2, 0) is 16.1 Å². The molecule has 0 unspecified atom stereocenters. The molecular weight excluding hydrogens is 677 g/mol. The summed E-state index contributed by atoms with van der Waals surface area (Å²) in [5.41, 5.74) is 2.56. The van der Waals surface area contributed by atoms with Gasteiger partial charge < -0.3 is 14.6 Å². The maximum absolute atomic E-state index is 12.6. The van der Waals surface area contributed by atoms with Gasteiger partial charge in [0.1, 0.15) is 28.7 Å². The van der Waals surface area contributed by atoms with E-state index in [1.54, 1.807) is 6.92 Å². The SMILES string of the molecule is CCOC(=O)C1=C(O)/C(=C/c2cc(Br)c(OCc3ccc(Cl)cc3)c(I)c2)SC1=Nc1ccccc1. The molecule has 0 aromatic heterocycles. The van der Waals surface area contributed by atoms with Gasteiger partial charge in [0, 0.05) is 5.02 Å². The van der Waals surface area contributed by atoms with Gasteiger partial charge in [-0.3, -0.25) is 0 Å². The Hall–Kier alpha value is -2.27. The first kappa shape index (κ1) is 26.8. The predicted molar refractivity (Wildman–Crippen MR) is 158 cm³/mol. The van der Waals surface area contributed by atoms with Gasteiger partial charge in [0.15, 0.2) is 0 Å². The zero-order valence-corrected chi connectivity index (χ0v) is 24.3. The van der Waals surface area contributed by atoms with Gasteiger partial charge in [0.25, 0.3) is 0 Å². The Kier molecular flexibility index (Phi) is 9.16. The van der Waals surface area contributed by atoms with E-state index in [9.17, 15) is 9.90 Å². The third-order valence-corrected chi connectivity index (χ3v) is 7.63. The van der Waals surface area contributed by atoms with E-state index in [1.807, 2.05) is 72.8 Å². The van der Waals surface area contributed by atoms with E-state index in [4.69, 9.17) is 21.1 Å². The molecule has 36 heavy (non-hydrogen) atoms. The molecule has 0 spiro atoms. The maximum atomic E-state index is 12.6. The lowest BCUT2D eigenvalue weighted by molar-refractivity contribution is -0.138. The van der Waals surface area contributed by atoms with Crippen LogP contribution in [0, 0.1) is 3.57 Å². The standard InChI is InChI=1S/C27H20BrClINO4S/c1-2-34-27(33)23-24(32)22(36-26(23)31-19-6-4-3-5-7-19)14-17-12-20(28)25(21(30)13-17)35-15-16-8-10-18(29)11-9-16/h3-14,32H,2,15H2,1H3/b22-14-,31-26?. The number of aliphatic imine (C=N–C) groups is 1. The molecule has 0 radical (unpaired) electrons. The Balaban J connectivity index is 1.62. The number of hydrogen-bond donors (Lipinski definition) is 1. The second-order valence-corrected chi connectivity index (χ2v) is 11.0. The van der Waals surface area contributed by atoms with Crippen LogP contribution in [0.1, 0.15) is 18.1 Å². The maximum Gasteiger partial charge on any atom is 0.344 e. The highest BCUT2D eigenvalue weighted by atomic mass is 127. The smallest absolute Gasteiger partial charge is 0.344 e. The van der Waals surface area contributed by atoms with Crippen molar-refractivity contribution in [1.82, 2.24) is 0 Å². The molecule has 1 aliphatic rings. The lowest BCUT2D eigenvalue weighted by Crippen LogP contribution is -2.12. The molecule has 0 fully saturated rings. The molecular formula is C27H20BrClINO4S. The molecule has 3 aromatic rings. The minimum absolute atomic E-state index is 0.0635. The van der Waals surface area contributed by atoms with Crippen LogP contribution in [-0.4, -0.2) is 22.7 Å². The number of benzene rings is 3. The van der Waals surface area contributed by atoms with Gasteiger partial charge >= 0.3 is 5.97 Å². The number of aliphatic hydroxyl groups is 1. The first-order chi connectivity index (χ1) is 17.4. The van der Waals surface area contributed by atoms with Crippen molar-refractivity contribution in [3.8, 4) is 5.75 Å². The third-order valence-electron chi connectivity index (χ3n) is 4.97. The van der Waals surface area contributed by atoms with Crippen LogP contribution < -0.4 is 4.74 Å². The normalized spacial score (nSPS) is 15.6. The second kappa shape index (κ2) is 12.3. The second-order valence-electron chi connectivity index (χ2n) is 7.54. The van der Waals surface area contributed by atoms with E-state index in [0.717, 1.165) is 19.2 Å². The molecule has 3 aromatic carbocycles. The molecule has 0 bridgehead atoms. The van der Waals surface area contributed by atoms with Crippen LogP contribution in [0.4, 0.5) is 5.69 Å². The number of para-hydroxylation sites is 1. The molecule has 9 heteroatoms. The molecule has 0 atom stereocenters. The molecule has 1 N–H and O–H groups in total. The molecule has 184 valence electrons. The van der Waals surface area contributed by atoms with Crippen molar-refractivity contribution in [3.05, 3.63) is 107 Å². The zero-order chi connectivity index (χ0) is 25.7. The molecule has 4 rings (SSSR count). The lowest BCUT2D eigenvalue weighted by atomic mass is 10.1. The number of rotatable bonds is 7. The van der Waals surface area contributed by atoms with Gasteiger partial charge in [-0.05, 0) is 99.0 Å². The van der Waals surface area contributed by atoms with E-state index in [1.165, 1.54) is 11.8 Å². The zero-order valence-electron chi connectivity index (χ0n) is 19.0. The van der Waals surface area contributed by atoms with Gasteiger partial charge in [-0.1, -0.05) is 53.7 Å². The first-order valence-electron chi connectivity index (χ1n) is 10.9. The monoisotopic (exact) mass is 695 g/mol. The van der Waals surface area contributed by atoms with Crippen LogP contribution in [0.25, 0.3) is 6.08 Å². The van der Waals surface area contributed by atoms with Crippen molar-refractivity contribution in [1.29, 1.82) is 0 Å². The molecule has 5 nitrogen and oxygen atoms in total. The van der Waals surface area contributed by atoms with Crippen molar-refractivity contribution in [2.24, 2.45) is 4.99 Å². The fourth-order valence-electron chi connectivity index (χ4n) is 3.30. The molecule has 0 aliphatic carbocycles. The number of ether oxygens (including phenoxy) is 2. The average Bonchev–Trinajstić information content (AvgIpc) is 3.14. The number of hydrogen-bond acceptors (Lipinski definition) is 6. The number of halogens is 3. The van der Waals surface area contributed by atoms with E-state index in [0.29, 0.717) is 33.0 Å². The summed E-state index contributed by atoms with van der Waals surface area (Å²) in [6, 6.07) is 20.6. The highest BCUT2D eigenvalue weighted by molar-refractivity contribution is 14.1. The van der Waals surface area contributed by atoms with Gasteiger partial charge in [-0.25, -0.2) is 9.79 Å². The van der Waals surface area contributed by atoms with Crippen molar-refractivity contribution in [3.63, 3.8) is 0 Å². The first-order valence-corrected chi connectivity index (χ1v) is 13.9. The highest BCUT2D eigenvalue weighted by Crippen LogP contribution is 2.41. The fraction of sp³-hybridized carbons (Fsp3) is 0.111. The number of aliphatic hydroxyl groups excluding tert-OH is 1. The van der Waals surface area contributed by atoms with Crippen LogP contribution in [0.15, 0.2) is 92.4 Å². The average molecular weight is 697 g/mol. The van der Waals surface area contributed by atoms with E-state index >= 15 is 0 Å². The topological polar surface area (TPSA) is 68.1 Å². The van der Waals surface area contributed by atoms with Gasteiger partial charge in [0.2, 0.25) is 0 Å². The lowest BCUT2D eigenvalue weighted by Gasteiger charge is -2.12. The Morgan fingerprint density at radius 3 is 2.56 bits per heavy atom. The third kappa shape index (κ3) is 6.53. The molecule has 1 heterocycles. The number of nitrogens with zero attached hydrogens (tertiary/aromatic N) is 1. The number of carbonyl (C=O) groups is 1. The van der Waals surface area contributed by atoms with Gasteiger partial charge in [0.05, 0.1) is 25.2 Å². The van der Waals surface area contributed by atoms with Crippen LogP contribution >= 0.6 is 61.9 Å². The Bertz CT molecular complexity index is 1350. The summed E-state index contributed by atoms with van der Waals surface area (Å²) < 4.78 is 12.9. The number of esters is 1. The van der Waals surface area contributed by atoms with E-state index in [-0.39, 0.29) is 17.9 Å². The quantitative estimate of drug-likeness (QED) is 0.198. The molecule has 0 saturated carbocycles.